The third-order valence-electron chi connectivity index (χ3n) is 3.27. The first kappa shape index (κ1) is 15.9. The maximum atomic E-state index is 14.9. The summed E-state index contributed by atoms with van der Waals surface area (Å²) in [4.78, 5) is 11.6. The van der Waals surface area contributed by atoms with Crippen molar-refractivity contribution in [1.29, 1.82) is 0 Å². The van der Waals surface area contributed by atoms with E-state index in [2.05, 4.69) is 20.1 Å². The van der Waals surface area contributed by atoms with Crippen molar-refractivity contribution in [2.24, 2.45) is 5.16 Å². The first-order valence-electron chi connectivity index (χ1n) is 6.69. The molecule has 0 aliphatic heterocycles. The number of pyridine rings is 1. The molecular weight excluding hydrogens is 338 g/mol. The summed E-state index contributed by atoms with van der Waals surface area (Å²) in [7, 11) is 0. The van der Waals surface area contributed by atoms with Crippen LogP contribution in [0.5, 0.6) is 0 Å². The van der Waals surface area contributed by atoms with Gasteiger partial charge in [-0.15, -0.1) is 0 Å². The lowest BCUT2D eigenvalue weighted by Crippen LogP contribution is -2.10. The zero-order valence-corrected chi connectivity index (χ0v) is 12.7. The van der Waals surface area contributed by atoms with Gasteiger partial charge in [-0.2, -0.15) is 0 Å². The standard InChI is InChI=1S/C16H9ClF2N4O/c17-13-5-10(18)1-2-12(13)15(23-24)16-14(19)11(3-4-22-16)9-6-20-8-21-7-9/h1-8,24H/b23-15+. The van der Waals surface area contributed by atoms with E-state index < -0.39 is 11.6 Å². The molecule has 1 aromatic carbocycles. The minimum atomic E-state index is -0.736. The zero-order chi connectivity index (χ0) is 17.1. The Morgan fingerprint density at radius 3 is 2.54 bits per heavy atom. The summed E-state index contributed by atoms with van der Waals surface area (Å²) in [6, 6.07) is 4.89. The van der Waals surface area contributed by atoms with Gasteiger partial charge in [0.25, 0.3) is 0 Å². The summed E-state index contributed by atoms with van der Waals surface area (Å²) >= 11 is 5.96. The van der Waals surface area contributed by atoms with Crippen molar-refractivity contribution in [3.63, 3.8) is 0 Å². The summed E-state index contributed by atoms with van der Waals surface area (Å²) < 4.78 is 28.1. The molecule has 2 heterocycles. The minimum Gasteiger partial charge on any atom is -0.410 e. The highest BCUT2D eigenvalue weighted by molar-refractivity contribution is 6.35. The van der Waals surface area contributed by atoms with Crippen LogP contribution >= 0.6 is 11.6 Å². The van der Waals surface area contributed by atoms with Crippen LogP contribution in [0.1, 0.15) is 11.3 Å². The number of halogens is 3. The largest absolute Gasteiger partial charge is 0.410 e. The van der Waals surface area contributed by atoms with E-state index >= 15 is 0 Å². The van der Waals surface area contributed by atoms with Crippen LogP contribution in [0.15, 0.2) is 54.3 Å². The van der Waals surface area contributed by atoms with Gasteiger partial charge in [0, 0.05) is 35.3 Å². The number of nitrogens with zero attached hydrogens (tertiary/aromatic N) is 4. The Kier molecular flexibility index (Phi) is 4.43. The number of oxime groups is 1. The van der Waals surface area contributed by atoms with E-state index in [0.717, 1.165) is 12.1 Å². The highest BCUT2D eigenvalue weighted by Gasteiger charge is 2.20. The van der Waals surface area contributed by atoms with Crippen molar-refractivity contribution in [3.05, 3.63) is 77.1 Å². The molecule has 0 radical (unpaired) electrons. The molecular formula is C16H9ClF2N4O. The Morgan fingerprint density at radius 2 is 1.88 bits per heavy atom. The average molecular weight is 347 g/mol. The van der Waals surface area contributed by atoms with E-state index in [1.54, 1.807) is 0 Å². The van der Waals surface area contributed by atoms with Gasteiger partial charge in [-0.1, -0.05) is 16.8 Å². The quantitative estimate of drug-likeness (QED) is 0.446. The van der Waals surface area contributed by atoms with Gasteiger partial charge in [-0.05, 0) is 24.3 Å². The number of hydrogen-bond donors (Lipinski definition) is 1. The highest BCUT2D eigenvalue weighted by Crippen LogP contribution is 2.26. The zero-order valence-electron chi connectivity index (χ0n) is 12.0. The molecule has 0 aliphatic carbocycles. The third kappa shape index (κ3) is 2.93. The topological polar surface area (TPSA) is 71.3 Å². The molecule has 1 N–H and O–H groups in total. The molecule has 0 bridgehead atoms. The van der Waals surface area contributed by atoms with Crippen LogP contribution in [0.25, 0.3) is 11.1 Å². The third-order valence-corrected chi connectivity index (χ3v) is 3.58. The number of rotatable bonds is 3. The van der Waals surface area contributed by atoms with E-state index in [9.17, 15) is 14.0 Å². The van der Waals surface area contributed by atoms with Crippen LogP contribution < -0.4 is 0 Å². The predicted molar refractivity (Wildman–Crippen MR) is 84.1 cm³/mol. The van der Waals surface area contributed by atoms with Crippen LogP contribution in [0.4, 0.5) is 8.78 Å². The molecule has 0 saturated heterocycles. The molecule has 5 nitrogen and oxygen atoms in total. The molecule has 120 valence electrons. The van der Waals surface area contributed by atoms with Crippen molar-refractivity contribution < 1.29 is 14.0 Å². The molecule has 0 unspecified atom stereocenters. The molecule has 2 aromatic heterocycles. The van der Waals surface area contributed by atoms with E-state index in [-0.39, 0.29) is 27.6 Å². The second-order valence-electron chi connectivity index (χ2n) is 4.72. The Hall–Kier alpha value is -2.93. The second kappa shape index (κ2) is 6.67. The molecule has 0 aliphatic rings. The molecule has 3 aromatic rings. The van der Waals surface area contributed by atoms with Gasteiger partial charge in [0.15, 0.2) is 5.82 Å². The maximum Gasteiger partial charge on any atom is 0.159 e. The van der Waals surface area contributed by atoms with Gasteiger partial charge >= 0.3 is 0 Å². The first-order chi connectivity index (χ1) is 11.6. The monoisotopic (exact) mass is 346 g/mol. The fraction of sp³-hybridized carbons (Fsp3) is 0. The lowest BCUT2D eigenvalue weighted by Gasteiger charge is -2.10. The van der Waals surface area contributed by atoms with Crippen LogP contribution in [0.2, 0.25) is 5.02 Å². The van der Waals surface area contributed by atoms with Crippen molar-refractivity contribution in [2.75, 3.05) is 0 Å². The smallest absolute Gasteiger partial charge is 0.159 e. The number of hydrogen-bond acceptors (Lipinski definition) is 5. The van der Waals surface area contributed by atoms with Gasteiger partial charge in [0.1, 0.15) is 23.6 Å². The molecule has 0 saturated carbocycles. The summed E-state index contributed by atoms with van der Waals surface area (Å²) in [6.45, 7) is 0. The maximum absolute atomic E-state index is 14.9. The van der Waals surface area contributed by atoms with Crippen molar-refractivity contribution in [1.82, 2.24) is 15.0 Å². The molecule has 24 heavy (non-hydrogen) atoms. The summed E-state index contributed by atoms with van der Waals surface area (Å²) in [6.07, 6.45) is 5.55. The van der Waals surface area contributed by atoms with Crippen LogP contribution in [-0.2, 0) is 0 Å². The van der Waals surface area contributed by atoms with Gasteiger partial charge in [0.2, 0.25) is 0 Å². The predicted octanol–water partition coefficient (Wildman–Crippen LogP) is 3.70. The second-order valence-corrected chi connectivity index (χ2v) is 5.13. The van der Waals surface area contributed by atoms with Crippen LogP contribution in [0, 0.1) is 11.6 Å². The molecule has 0 atom stereocenters. The van der Waals surface area contributed by atoms with E-state index in [4.69, 9.17) is 11.6 Å². The number of benzene rings is 1. The van der Waals surface area contributed by atoms with E-state index in [0.29, 0.717) is 5.56 Å². The van der Waals surface area contributed by atoms with E-state index in [1.807, 2.05) is 0 Å². The Bertz CT molecular complexity index is 919. The summed E-state index contributed by atoms with van der Waals surface area (Å²) in [5.41, 5.74) is 0.318. The van der Waals surface area contributed by atoms with Crippen molar-refractivity contribution >= 4 is 17.3 Å². The molecule has 0 fully saturated rings. The van der Waals surface area contributed by atoms with Crippen LogP contribution in [0.3, 0.4) is 0 Å². The Balaban J connectivity index is 2.15. The molecule has 3 rings (SSSR count). The van der Waals surface area contributed by atoms with Gasteiger partial charge in [-0.3, -0.25) is 4.98 Å². The number of aromatic nitrogens is 3. The average Bonchev–Trinajstić information content (AvgIpc) is 2.59. The molecule has 8 heteroatoms. The lowest BCUT2D eigenvalue weighted by molar-refractivity contribution is 0.319. The highest BCUT2D eigenvalue weighted by atomic mass is 35.5. The van der Waals surface area contributed by atoms with Gasteiger partial charge in [0.05, 0.1) is 5.02 Å². The molecule has 0 spiro atoms. The SMILES string of the molecule is O/N=C(\c1ccc(F)cc1Cl)c1nccc(-c2cncnc2)c1F. The fourth-order valence-corrected chi connectivity index (χ4v) is 2.44. The van der Waals surface area contributed by atoms with Crippen molar-refractivity contribution in [2.45, 2.75) is 0 Å². The van der Waals surface area contributed by atoms with E-state index in [1.165, 1.54) is 37.1 Å². The minimum absolute atomic E-state index is 0.0301. The Morgan fingerprint density at radius 1 is 1.12 bits per heavy atom. The first-order valence-corrected chi connectivity index (χ1v) is 7.07. The van der Waals surface area contributed by atoms with Gasteiger partial charge < -0.3 is 5.21 Å². The summed E-state index contributed by atoms with van der Waals surface area (Å²) in [5.74, 6) is -1.30. The van der Waals surface area contributed by atoms with Crippen molar-refractivity contribution in [3.8, 4) is 11.1 Å². The summed E-state index contributed by atoms with van der Waals surface area (Å²) in [5, 5.41) is 12.4. The molecule has 0 amide bonds. The van der Waals surface area contributed by atoms with Crippen LogP contribution in [-0.4, -0.2) is 25.9 Å². The normalized spacial score (nSPS) is 11.5. The lowest BCUT2D eigenvalue weighted by atomic mass is 10.0. The van der Waals surface area contributed by atoms with Gasteiger partial charge in [-0.25, -0.2) is 18.7 Å². The fourth-order valence-electron chi connectivity index (χ4n) is 2.18. The Labute approximate surface area is 140 Å².